The highest BCUT2D eigenvalue weighted by Crippen LogP contribution is 2.19. The van der Waals surface area contributed by atoms with E-state index in [0.717, 1.165) is 31.4 Å². The molecule has 8 heteroatoms. The summed E-state index contributed by atoms with van der Waals surface area (Å²) >= 11 is 1.53. The molecule has 1 aromatic carbocycles. The summed E-state index contributed by atoms with van der Waals surface area (Å²) in [6, 6.07) is 7.65. The number of benzene rings is 1. The second-order valence-corrected chi connectivity index (χ2v) is 9.03. The molecule has 1 saturated heterocycles. The molecule has 2 fully saturated rings. The highest BCUT2D eigenvalue weighted by molar-refractivity contribution is 7.07. The zero-order valence-electron chi connectivity index (χ0n) is 17.7. The van der Waals surface area contributed by atoms with Crippen LogP contribution in [0.3, 0.4) is 0 Å². The first-order chi connectivity index (χ1) is 15.2. The number of urea groups is 1. The van der Waals surface area contributed by atoms with Gasteiger partial charge in [-0.15, -0.1) is 11.3 Å². The number of carbonyl (C=O) groups excluding carboxylic acids is 2. The van der Waals surface area contributed by atoms with Crippen LogP contribution in [0.5, 0.6) is 5.75 Å². The van der Waals surface area contributed by atoms with Crippen LogP contribution in [-0.2, 0) is 6.61 Å². The molecule has 0 spiro atoms. The van der Waals surface area contributed by atoms with Crippen LogP contribution < -0.4 is 15.4 Å². The monoisotopic (exact) mass is 442 g/mol. The Morgan fingerprint density at radius 3 is 2.58 bits per heavy atom. The normalized spacial score (nSPS) is 17.9. The van der Waals surface area contributed by atoms with E-state index in [1.807, 2.05) is 22.4 Å². The first-order valence-corrected chi connectivity index (χ1v) is 12.1. The number of hydrogen-bond acceptors (Lipinski definition) is 5. The van der Waals surface area contributed by atoms with Gasteiger partial charge in [0.15, 0.2) is 0 Å². The van der Waals surface area contributed by atoms with Gasteiger partial charge >= 0.3 is 6.03 Å². The number of piperidine rings is 1. The summed E-state index contributed by atoms with van der Waals surface area (Å²) in [5.74, 6) is 0.541. The van der Waals surface area contributed by atoms with Crippen molar-refractivity contribution < 1.29 is 14.3 Å². The fourth-order valence-electron chi connectivity index (χ4n) is 4.20. The summed E-state index contributed by atoms with van der Waals surface area (Å²) in [5, 5.41) is 8.23. The molecule has 2 heterocycles. The predicted molar refractivity (Wildman–Crippen MR) is 120 cm³/mol. The third-order valence-electron chi connectivity index (χ3n) is 6.02. The highest BCUT2D eigenvalue weighted by atomic mass is 32.1. The first kappa shape index (κ1) is 21.6. The number of ether oxygens (including phenoxy) is 1. The molecule has 0 bridgehead atoms. The Labute approximate surface area is 187 Å². The third kappa shape index (κ3) is 6.19. The zero-order valence-corrected chi connectivity index (χ0v) is 18.5. The Morgan fingerprint density at radius 1 is 1.06 bits per heavy atom. The van der Waals surface area contributed by atoms with Crippen molar-refractivity contribution in [1.29, 1.82) is 0 Å². The van der Waals surface area contributed by atoms with Gasteiger partial charge in [-0.2, -0.15) is 0 Å². The second-order valence-electron chi connectivity index (χ2n) is 8.32. The van der Waals surface area contributed by atoms with Crippen LogP contribution in [0.15, 0.2) is 35.2 Å². The predicted octanol–water partition coefficient (Wildman–Crippen LogP) is 3.96. The molecule has 31 heavy (non-hydrogen) atoms. The highest BCUT2D eigenvalue weighted by Gasteiger charge is 2.26. The van der Waals surface area contributed by atoms with E-state index in [4.69, 9.17) is 4.74 Å². The molecule has 1 saturated carbocycles. The first-order valence-electron chi connectivity index (χ1n) is 11.1. The molecular weight excluding hydrogens is 412 g/mol. The van der Waals surface area contributed by atoms with E-state index in [0.29, 0.717) is 37.1 Å². The topological polar surface area (TPSA) is 83.6 Å². The lowest BCUT2D eigenvalue weighted by atomic mass is 9.95. The van der Waals surface area contributed by atoms with Gasteiger partial charge < -0.3 is 20.3 Å². The maximum atomic E-state index is 12.7. The molecular formula is C23H30N4O3S. The smallest absolute Gasteiger partial charge is 0.317 e. The zero-order chi connectivity index (χ0) is 21.5. The van der Waals surface area contributed by atoms with Crippen LogP contribution in [0.2, 0.25) is 0 Å². The van der Waals surface area contributed by atoms with Gasteiger partial charge in [-0.05, 0) is 43.9 Å². The number of thiazole rings is 1. The lowest BCUT2D eigenvalue weighted by molar-refractivity contribution is 0.0917. The van der Waals surface area contributed by atoms with Gasteiger partial charge in [-0.1, -0.05) is 25.3 Å². The molecule has 2 aliphatic rings. The average Bonchev–Trinajstić information content (AvgIpc) is 3.33. The second kappa shape index (κ2) is 10.6. The lowest BCUT2D eigenvalue weighted by Crippen LogP contribution is -2.51. The van der Waals surface area contributed by atoms with Crippen molar-refractivity contribution in [2.24, 2.45) is 0 Å². The van der Waals surface area contributed by atoms with Gasteiger partial charge in [-0.3, -0.25) is 4.79 Å². The van der Waals surface area contributed by atoms with Crippen molar-refractivity contribution in [3.05, 3.63) is 46.4 Å². The SMILES string of the molecule is O=C(NC1CCN(C(=O)NC2CCCCC2)CC1)c1cccc(OCc2cscn2)c1. The minimum atomic E-state index is -0.107. The number of rotatable bonds is 6. The molecule has 2 aromatic rings. The molecule has 7 nitrogen and oxygen atoms in total. The summed E-state index contributed by atoms with van der Waals surface area (Å²) in [6.07, 6.45) is 7.40. The van der Waals surface area contributed by atoms with Crippen molar-refractivity contribution >= 4 is 23.3 Å². The van der Waals surface area contributed by atoms with Crippen LogP contribution in [-0.4, -0.2) is 47.0 Å². The molecule has 0 atom stereocenters. The molecule has 1 aromatic heterocycles. The van der Waals surface area contributed by atoms with E-state index in [-0.39, 0.29) is 18.0 Å². The van der Waals surface area contributed by atoms with Gasteiger partial charge in [-0.25, -0.2) is 9.78 Å². The minimum absolute atomic E-state index is 0.0432. The number of hydrogen-bond donors (Lipinski definition) is 2. The molecule has 1 aliphatic heterocycles. The number of nitrogens with one attached hydrogen (secondary N) is 2. The summed E-state index contributed by atoms with van der Waals surface area (Å²) < 4.78 is 5.75. The standard InChI is InChI=1S/C23H30N4O3S/c28-22(17-5-4-8-21(13-17)30-14-20-15-31-16-24-20)25-19-9-11-27(12-10-19)23(29)26-18-6-2-1-3-7-18/h4-5,8,13,15-16,18-19H,1-3,6-7,9-12,14H2,(H,25,28)(H,26,29). The van der Waals surface area contributed by atoms with Crippen LogP contribution in [0.1, 0.15) is 61.0 Å². The Balaban J connectivity index is 1.22. The number of likely N-dealkylation sites (tertiary alicyclic amines) is 1. The Morgan fingerprint density at radius 2 is 1.84 bits per heavy atom. The van der Waals surface area contributed by atoms with E-state index in [2.05, 4.69) is 15.6 Å². The number of amides is 3. The molecule has 1 aliphatic carbocycles. The largest absolute Gasteiger partial charge is 0.487 e. The van der Waals surface area contributed by atoms with Crippen LogP contribution >= 0.6 is 11.3 Å². The molecule has 0 unspecified atom stereocenters. The molecule has 166 valence electrons. The maximum Gasteiger partial charge on any atom is 0.317 e. The van der Waals surface area contributed by atoms with E-state index in [1.54, 1.807) is 17.6 Å². The molecule has 3 amide bonds. The van der Waals surface area contributed by atoms with Gasteiger partial charge in [0, 0.05) is 36.1 Å². The quantitative estimate of drug-likeness (QED) is 0.709. The number of nitrogens with zero attached hydrogens (tertiary/aromatic N) is 2. The van der Waals surface area contributed by atoms with Crippen molar-refractivity contribution in [1.82, 2.24) is 20.5 Å². The Kier molecular flexibility index (Phi) is 7.40. The van der Waals surface area contributed by atoms with Gasteiger partial charge in [0.2, 0.25) is 0 Å². The van der Waals surface area contributed by atoms with Crippen molar-refractivity contribution in [3.8, 4) is 5.75 Å². The molecule has 0 radical (unpaired) electrons. The number of aromatic nitrogens is 1. The average molecular weight is 443 g/mol. The minimum Gasteiger partial charge on any atom is -0.487 e. The molecule has 2 N–H and O–H groups in total. The fraction of sp³-hybridized carbons (Fsp3) is 0.522. The fourth-order valence-corrected chi connectivity index (χ4v) is 4.74. The Hall–Kier alpha value is -2.61. The van der Waals surface area contributed by atoms with E-state index in [9.17, 15) is 9.59 Å². The van der Waals surface area contributed by atoms with E-state index < -0.39 is 0 Å². The summed E-state index contributed by atoms with van der Waals surface area (Å²) in [6.45, 7) is 1.72. The summed E-state index contributed by atoms with van der Waals surface area (Å²) in [7, 11) is 0. The van der Waals surface area contributed by atoms with E-state index in [1.165, 1.54) is 30.6 Å². The third-order valence-corrected chi connectivity index (χ3v) is 6.65. The summed E-state index contributed by atoms with van der Waals surface area (Å²) in [4.78, 5) is 31.3. The van der Waals surface area contributed by atoms with Crippen molar-refractivity contribution in [2.75, 3.05) is 13.1 Å². The van der Waals surface area contributed by atoms with Crippen molar-refractivity contribution in [3.63, 3.8) is 0 Å². The van der Waals surface area contributed by atoms with E-state index >= 15 is 0 Å². The van der Waals surface area contributed by atoms with Gasteiger partial charge in [0.25, 0.3) is 5.91 Å². The lowest BCUT2D eigenvalue weighted by Gasteiger charge is -2.34. The Bertz CT molecular complexity index is 859. The van der Waals surface area contributed by atoms with Crippen LogP contribution in [0.25, 0.3) is 0 Å². The van der Waals surface area contributed by atoms with Gasteiger partial charge in [0.1, 0.15) is 12.4 Å². The van der Waals surface area contributed by atoms with Crippen LogP contribution in [0, 0.1) is 0 Å². The molecule has 4 rings (SSSR count). The van der Waals surface area contributed by atoms with Crippen LogP contribution in [0.4, 0.5) is 4.79 Å². The van der Waals surface area contributed by atoms with Crippen molar-refractivity contribution in [2.45, 2.75) is 63.6 Å². The summed E-state index contributed by atoms with van der Waals surface area (Å²) in [5.41, 5.74) is 3.22. The maximum absolute atomic E-state index is 12.7. The van der Waals surface area contributed by atoms with Gasteiger partial charge in [0.05, 0.1) is 11.2 Å². The number of carbonyl (C=O) groups is 2.